The van der Waals surface area contributed by atoms with Crippen LogP contribution >= 0.6 is 0 Å². The Bertz CT molecular complexity index is 634. The first kappa shape index (κ1) is 13.9. The molecule has 2 rings (SSSR count). The summed E-state index contributed by atoms with van der Waals surface area (Å²) in [7, 11) is 1.78. The molecule has 20 heavy (non-hydrogen) atoms. The molecule has 0 aliphatic carbocycles. The van der Waals surface area contributed by atoms with Gasteiger partial charge in [0.15, 0.2) is 0 Å². The van der Waals surface area contributed by atoms with E-state index in [9.17, 15) is 9.90 Å². The van der Waals surface area contributed by atoms with Gasteiger partial charge in [0.25, 0.3) is 5.91 Å². The van der Waals surface area contributed by atoms with Gasteiger partial charge in [0.2, 0.25) is 0 Å². The maximum Gasteiger partial charge on any atom is 0.255 e. The topological polar surface area (TPSA) is 61.4 Å². The Morgan fingerprint density at radius 2 is 1.70 bits per heavy atom. The van der Waals surface area contributed by atoms with Crippen LogP contribution in [0.3, 0.4) is 0 Å². The lowest BCUT2D eigenvalue weighted by Crippen LogP contribution is -2.12. The average molecular weight is 270 g/mol. The molecule has 4 heteroatoms. The fourth-order valence-electron chi connectivity index (χ4n) is 1.97. The Morgan fingerprint density at radius 1 is 1.05 bits per heavy atom. The zero-order valence-corrected chi connectivity index (χ0v) is 11.8. The molecular weight excluding hydrogens is 252 g/mol. The summed E-state index contributed by atoms with van der Waals surface area (Å²) < 4.78 is 0. The third-order valence-electron chi connectivity index (χ3n) is 3.17. The fourth-order valence-corrected chi connectivity index (χ4v) is 1.97. The molecule has 0 aliphatic rings. The van der Waals surface area contributed by atoms with Crippen LogP contribution in [0.4, 0.5) is 11.4 Å². The van der Waals surface area contributed by atoms with Gasteiger partial charge in [-0.3, -0.25) is 4.79 Å². The third-order valence-corrected chi connectivity index (χ3v) is 3.17. The number of benzene rings is 2. The van der Waals surface area contributed by atoms with Crippen LogP contribution in [-0.4, -0.2) is 18.1 Å². The van der Waals surface area contributed by atoms with Gasteiger partial charge in [-0.1, -0.05) is 17.7 Å². The molecular formula is C16H18N2O2. The molecule has 0 spiro atoms. The standard InChI is InChI=1S/C16H18N2O2/c1-10-4-6-12(7-5-10)16(20)18-14-8-11(2)13(17-3)9-15(14)19/h4-9,17,19H,1-3H3,(H,18,20). The maximum atomic E-state index is 12.1. The summed E-state index contributed by atoms with van der Waals surface area (Å²) in [6.45, 7) is 3.88. The fraction of sp³-hybridized carbons (Fsp3) is 0.188. The zero-order chi connectivity index (χ0) is 14.7. The number of amides is 1. The van der Waals surface area contributed by atoms with E-state index in [0.29, 0.717) is 11.3 Å². The number of hydrogen-bond donors (Lipinski definition) is 3. The maximum absolute atomic E-state index is 12.1. The molecule has 104 valence electrons. The largest absolute Gasteiger partial charge is 0.506 e. The van der Waals surface area contributed by atoms with Crippen LogP contribution in [0.1, 0.15) is 21.5 Å². The summed E-state index contributed by atoms with van der Waals surface area (Å²) in [6, 6.07) is 10.6. The molecule has 0 saturated carbocycles. The van der Waals surface area contributed by atoms with Gasteiger partial charge in [-0.05, 0) is 37.6 Å². The summed E-state index contributed by atoms with van der Waals surface area (Å²) in [5.74, 6) is -0.197. The number of aryl methyl sites for hydroxylation is 2. The molecule has 2 aromatic rings. The van der Waals surface area contributed by atoms with Crippen LogP contribution in [0.15, 0.2) is 36.4 Å². The van der Waals surface area contributed by atoms with Gasteiger partial charge in [0.05, 0.1) is 5.69 Å². The SMILES string of the molecule is CNc1cc(O)c(NC(=O)c2ccc(C)cc2)cc1C. The van der Waals surface area contributed by atoms with Gasteiger partial charge < -0.3 is 15.7 Å². The van der Waals surface area contributed by atoms with Gasteiger partial charge in [-0.15, -0.1) is 0 Å². The first-order valence-electron chi connectivity index (χ1n) is 6.40. The molecule has 0 heterocycles. The van der Waals surface area contributed by atoms with Gasteiger partial charge in [0.1, 0.15) is 5.75 Å². The van der Waals surface area contributed by atoms with E-state index in [2.05, 4.69) is 10.6 Å². The van der Waals surface area contributed by atoms with E-state index < -0.39 is 0 Å². The van der Waals surface area contributed by atoms with E-state index in [-0.39, 0.29) is 11.7 Å². The highest BCUT2D eigenvalue weighted by atomic mass is 16.3. The highest BCUT2D eigenvalue weighted by Gasteiger charge is 2.10. The van der Waals surface area contributed by atoms with Crippen molar-refractivity contribution in [2.24, 2.45) is 0 Å². The lowest BCUT2D eigenvalue weighted by molar-refractivity contribution is 0.102. The van der Waals surface area contributed by atoms with Crippen molar-refractivity contribution in [3.8, 4) is 5.75 Å². The number of phenolic OH excluding ortho intramolecular Hbond substituents is 1. The number of phenols is 1. The number of rotatable bonds is 3. The molecule has 0 aliphatic heterocycles. The summed E-state index contributed by atoms with van der Waals surface area (Å²) >= 11 is 0. The molecule has 0 atom stereocenters. The summed E-state index contributed by atoms with van der Waals surface area (Å²) in [4.78, 5) is 12.1. The van der Waals surface area contributed by atoms with Crippen LogP contribution < -0.4 is 10.6 Å². The highest BCUT2D eigenvalue weighted by molar-refractivity contribution is 6.05. The first-order valence-corrected chi connectivity index (χ1v) is 6.40. The van der Waals surface area contributed by atoms with Crippen molar-refractivity contribution in [2.75, 3.05) is 17.7 Å². The van der Waals surface area contributed by atoms with E-state index in [1.54, 1.807) is 31.3 Å². The zero-order valence-electron chi connectivity index (χ0n) is 11.8. The van der Waals surface area contributed by atoms with Gasteiger partial charge in [-0.25, -0.2) is 0 Å². The second-order valence-electron chi connectivity index (χ2n) is 4.75. The van der Waals surface area contributed by atoms with E-state index >= 15 is 0 Å². The minimum Gasteiger partial charge on any atom is -0.506 e. The molecule has 2 aromatic carbocycles. The van der Waals surface area contributed by atoms with Crippen molar-refractivity contribution >= 4 is 17.3 Å². The molecule has 0 aromatic heterocycles. The van der Waals surface area contributed by atoms with Crippen molar-refractivity contribution in [2.45, 2.75) is 13.8 Å². The van der Waals surface area contributed by atoms with E-state index in [1.807, 2.05) is 26.0 Å². The molecule has 0 unspecified atom stereocenters. The first-order chi connectivity index (χ1) is 9.51. The predicted octanol–water partition coefficient (Wildman–Crippen LogP) is 3.30. The van der Waals surface area contributed by atoms with Crippen LogP contribution in [0, 0.1) is 13.8 Å². The summed E-state index contributed by atoms with van der Waals surface area (Å²) in [5.41, 5.74) is 3.84. The summed E-state index contributed by atoms with van der Waals surface area (Å²) in [5, 5.41) is 15.6. The molecule has 0 radical (unpaired) electrons. The van der Waals surface area contributed by atoms with E-state index in [1.165, 1.54) is 0 Å². The second-order valence-corrected chi connectivity index (χ2v) is 4.75. The van der Waals surface area contributed by atoms with Gasteiger partial charge in [0, 0.05) is 24.4 Å². The molecule has 0 bridgehead atoms. The normalized spacial score (nSPS) is 10.2. The molecule has 4 nitrogen and oxygen atoms in total. The number of aromatic hydroxyl groups is 1. The van der Waals surface area contributed by atoms with Crippen LogP contribution in [-0.2, 0) is 0 Å². The molecule has 1 amide bonds. The Hall–Kier alpha value is -2.49. The lowest BCUT2D eigenvalue weighted by Gasteiger charge is -2.12. The number of carbonyl (C=O) groups is 1. The smallest absolute Gasteiger partial charge is 0.255 e. The summed E-state index contributed by atoms with van der Waals surface area (Å²) in [6.07, 6.45) is 0. The minimum atomic E-state index is -0.239. The quantitative estimate of drug-likeness (QED) is 0.750. The van der Waals surface area contributed by atoms with Crippen molar-refractivity contribution in [3.63, 3.8) is 0 Å². The Labute approximate surface area is 118 Å². The predicted molar refractivity (Wildman–Crippen MR) is 81.5 cm³/mol. The average Bonchev–Trinajstić information content (AvgIpc) is 2.43. The lowest BCUT2D eigenvalue weighted by atomic mass is 10.1. The van der Waals surface area contributed by atoms with Crippen molar-refractivity contribution in [3.05, 3.63) is 53.1 Å². The van der Waals surface area contributed by atoms with Crippen molar-refractivity contribution < 1.29 is 9.90 Å². The number of nitrogens with one attached hydrogen (secondary N) is 2. The third kappa shape index (κ3) is 2.91. The highest BCUT2D eigenvalue weighted by Crippen LogP contribution is 2.30. The van der Waals surface area contributed by atoms with E-state index in [0.717, 1.165) is 16.8 Å². The number of carbonyl (C=O) groups excluding carboxylic acids is 1. The molecule has 0 fully saturated rings. The van der Waals surface area contributed by atoms with Crippen molar-refractivity contribution in [1.29, 1.82) is 0 Å². The van der Waals surface area contributed by atoms with E-state index in [4.69, 9.17) is 0 Å². The number of anilines is 2. The van der Waals surface area contributed by atoms with Crippen molar-refractivity contribution in [1.82, 2.24) is 0 Å². The van der Waals surface area contributed by atoms with Gasteiger partial charge in [-0.2, -0.15) is 0 Å². The Kier molecular flexibility index (Phi) is 3.94. The van der Waals surface area contributed by atoms with Crippen LogP contribution in [0.5, 0.6) is 5.75 Å². The van der Waals surface area contributed by atoms with Gasteiger partial charge >= 0.3 is 0 Å². The molecule has 3 N–H and O–H groups in total. The molecule has 0 saturated heterocycles. The van der Waals surface area contributed by atoms with Crippen LogP contribution in [0.2, 0.25) is 0 Å². The Balaban J connectivity index is 2.23. The number of hydrogen-bond acceptors (Lipinski definition) is 3. The second kappa shape index (κ2) is 5.65. The monoisotopic (exact) mass is 270 g/mol. The van der Waals surface area contributed by atoms with Crippen LogP contribution in [0.25, 0.3) is 0 Å². The minimum absolute atomic E-state index is 0.0420. The Morgan fingerprint density at radius 3 is 2.30 bits per heavy atom.